The van der Waals surface area contributed by atoms with E-state index >= 15 is 0 Å². The Kier molecular flexibility index (Phi) is 3.17. The SMILES string of the molecule is O=S(=O)(NC1CC1)N1CCC2(O)CCCCC2C1. The molecule has 3 rings (SSSR count). The number of piperidine rings is 1. The molecular formula is C12H22N2O3S. The Labute approximate surface area is 109 Å². The van der Waals surface area contributed by atoms with Gasteiger partial charge in [-0.25, -0.2) is 0 Å². The van der Waals surface area contributed by atoms with Crippen LogP contribution in [0.25, 0.3) is 0 Å². The molecule has 0 aromatic heterocycles. The molecule has 0 radical (unpaired) electrons. The Morgan fingerprint density at radius 1 is 1.17 bits per heavy atom. The smallest absolute Gasteiger partial charge is 0.279 e. The summed E-state index contributed by atoms with van der Waals surface area (Å²) in [5.41, 5.74) is -0.607. The Balaban J connectivity index is 1.69. The van der Waals surface area contributed by atoms with E-state index < -0.39 is 15.8 Å². The van der Waals surface area contributed by atoms with Gasteiger partial charge in [0.15, 0.2) is 0 Å². The van der Waals surface area contributed by atoms with Crippen LogP contribution in [0.5, 0.6) is 0 Å². The molecule has 0 amide bonds. The van der Waals surface area contributed by atoms with Crippen LogP contribution in [0.2, 0.25) is 0 Å². The van der Waals surface area contributed by atoms with E-state index in [4.69, 9.17) is 0 Å². The van der Waals surface area contributed by atoms with Gasteiger partial charge < -0.3 is 5.11 Å². The Morgan fingerprint density at radius 3 is 2.67 bits per heavy atom. The van der Waals surface area contributed by atoms with E-state index in [2.05, 4.69) is 4.72 Å². The van der Waals surface area contributed by atoms with Crippen LogP contribution in [0.3, 0.4) is 0 Å². The van der Waals surface area contributed by atoms with Gasteiger partial charge in [0.25, 0.3) is 10.2 Å². The second-order valence-electron chi connectivity index (χ2n) is 6.05. The molecule has 1 aliphatic heterocycles. The van der Waals surface area contributed by atoms with Gasteiger partial charge in [-0.3, -0.25) is 0 Å². The molecule has 2 unspecified atom stereocenters. The van der Waals surface area contributed by atoms with Gasteiger partial charge in [-0.2, -0.15) is 17.4 Å². The van der Waals surface area contributed by atoms with E-state index in [0.717, 1.165) is 38.5 Å². The van der Waals surface area contributed by atoms with Crippen molar-refractivity contribution in [1.82, 2.24) is 9.03 Å². The van der Waals surface area contributed by atoms with Gasteiger partial charge in [-0.1, -0.05) is 12.8 Å². The molecule has 0 aromatic carbocycles. The van der Waals surface area contributed by atoms with Crippen molar-refractivity contribution in [3.63, 3.8) is 0 Å². The third kappa shape index (κ3) is 2.43. The number of nitrogens with one attached hydrogen (secondary N) is 1. The lowest BCUT2D eigenvalue weighted by Gasteiger charge is -2.46. The summed E-state index contributed by atoms with van der Waals surface area (Å²) in [7, 11) is -3.33. The minimum atomic E-state index is -3.33. The predicted molar refractivity (Wildman–Crippen MR) is 68.2 cm³/mol. The molecule has 1 saturated heterocycles. The van der Waals surface area contributed by atoms with E-state index in [9.17, 15) is 13.5 Å². The molecule has 3 fully saturated rings. The fourth-order valence-corrected chi connectivity index (χ4v) is 4.76. The minimum Gasteiger partial charge on any atom is -0.390 e. The van der Waals surface area contributed by atoms with Crippen LogP contribution in [0, 0.1) is 5.92 Å². The van der Waals surface area contributed by atoms with E-state index in [1.165, 1.54) is 4.31 Å². The Hall–Kier alpha value is -0.170. The first-order chi connectivity index (χ1) is 8.50. The summed E-state index contributed by atoms with van der Waals surface area (Å²) in [5, 5.41) is 10.5. The van der Waals surface area contributed by atoms with Crippen molar-refractivity contribution in [2.75, 3.05) is 13.1 Å². The van der Waals surface area contributed by atoms with Crippen molar-refractivity contribution >= 4 is 10.2 Å². The van der Waals surface area contributed by atoms with Gasteiger partial charge in [0.1, 0.15) is 0 Å². The number of hydrogen-bond donors (Lipinski definition) is 2. The highest BCUT2D eigenvalue weighted by molar-refractivity contribution is 7.87. The van der Waals surface area contributed by atoms with Gasteiger partial charge in [-0.05, 0) is 32.1 Å². The maximum atomic E-state index is 12.1. The maximum absolute atomic E-state index is 12.1. The lowest BCUT2D eigenvalue weighted by molar-refractivity contribution is -0.0818. The molecule has 1 heterocycles. The molecule has 0 spiro atoms. The average molecular weight is 274 g/mol. The van der Waals surface area contributed by atoms with Crippen LogP contribution in [0.15, 0.2) is 0 Å². The monoisotopic (exact) mass is 274 g/mol. The summed E-state index contributed by atoms with van der Waals surface area (Å²) in [6, 6.07) is 0.155. The molecule has 104 valence electrons. The van der Waals surface area contributed by atoms with Crippen molar-refractivity contribution in [1.29, 1.82) is 0 Å². The number of rotatable bonds is 3. The lowest BCUT2D eigenvalue weighted by atomic mass is 9.72. The van der Waals surface area contributed by atoms with E-state index in [-0.39, 0.29) is 12.0 Å². The first kappa shape index (κ1) is 12.8. The van der Waals surface area contributed by atoms with E-state index in [0.29, 0.717) is 19.5 Å². The second-order valence-corrected chi connectivity index (χ2v) is 7.75. The summed E-state index contributed by atoms with van der Waals surface area (Å²) in [6.07, 6.45) is 6.47. The standard InChI is InChI=1S/C12H22N2O3S/c15-12-6-2-1-3-10(12)9-14(8-7-12)18(16,17)13-11-4-5-11/h10-11,13,15H,1-9H2. The molecule has 2 N–H and O–H groups in total. The molecule has 2 aliphatic carbocycles. The Morgan fingerprint density at radius 2 is 1.94 bits per heavy atom. The first-order valence-electron chi connectivity index (χ1n) is 6.99. The lowest BCUT2D eigenvalue weighted by Crippen LogP contribution is -2.56. The third-order valence-corrected chi connectivity index (χ3v) is 6.27. The number of aliphatic hydroxyl groups is 1. The minimum absolute atomic E-state index is 0.121. The second kappa shape index (κ2) is 4.44. The van der Waals surface area contributed by atoms with Gasteiger partial charge in [0.05, 0.1) is 5.60 Å². The molecule has 0 aromatic rings. The Bertz CT molecular complexity index is 421. The molecule has 2 saturated carbocycles. The maximum Gasteiger partial charge on any atom is 0.279 e. The largest absolute Gasteiger partial charge is 0.390 e. The van der Waals surface area contributed by atoms with Crippen LogP contribution in [-0.2, 0) is 10.2 Å². The van der Waals surface area contributed by atoms with E-state index in [1.54, 1.807) is 0 Å². The van der Waals surface area contributed by atoms with Gasteiger partial charge in [0, 0.05) is 25.0 Å². The molecule has 5 nitrogen and oxygen atoms in total. The van der Waals surface area contributed by atoms with Crippen molar-refractivity contribution in [2.24, 2.45) is 5.92 Å². The zero-order chi connectivity index (χ0) is 12.8. The first-order valence-corrected chi connectivity index (χ1v) is 8.43. The fraction of sp³-hybridized carbons (Fsp3) is 1.00. The summed E-state index contributed by atoms with van der Waals surface area (Å²) >= 11 is 0. The van der Waals surface area contributed by atoms with Gasteiger partial charge in [-0.15, -0.1) is 0 Å². The summed E-state index contributed by atoms with van der Waals surface area (Å²) in [4.78, 5) is 0. The van der Waals surface area contributed by atoms with Crippen molar-refractivity contribution < 1.29 is 13.5 Å². The third-order valence-electron chi connectivity index (χ3n) is 4.62. The topological polar surface area (TPSA) is 69.6 Å². The summed E-state index contributed by atoms with van der Waals surface area (Å²) in [6.45, 7) is 0.938. The van der Waals surface area contributed by atoms with Gasteiger partial charge in [0.2, 0.25) is 0 Å². The molecule has 18 heavy (non-hydrogen) atoms. The average Bonchev–Trinajstić information content (AvgIpc) is 3.10. The normalized spacial score (nSPS) is 38.4. The van der Waals surface area contributed by atoms with E-state index in [1.807, 2.05) is 0 Å². The number of hydrogen-bond acceptors (Lipinski definition) is 3. The molecular weight excluding hydrogens is 252 g/mol. The quantitative estimate of drug-likeness (QED) is 0.792. The highest BCUT2D eigenvalue weighted by Gasteiger charge is 2.45. The van der Waals surface area contributed by atoms with Crippen LogP contribution in [0.1, 0.15) is 44.9 Å². The van der Waals surface area contributed by atoms with Crippen molar-refractivity contribution in [3.05, 3.63) is 0 Å². The molecule has 2 atom stereocenters. The van der Waals surface area contributed by atoms with Gasteiger partial charge >= 0.3 is 0 Å². The predicted octanol–water partition coefficient (Wildman–Crippen LogP) is 0.610. The zero-order valence-electron chi connectivity index (χ0n) is 10.6. The molecule has 6 heteroatoms. The van der Waals surface area contributed by atoms with Crippen LogP contribution < -0.4 is 4.72 Å². The van der Waals surface area contributed by atoms with Crippen LogP contribution >= 0.6 is 0 Å². The summed E-state index contributed by atoms with van der Waals surface area (Å²) in [5.74, 6) is 0.121. The number of nitrogens with zero attached hydrogens (tertiary/aromatic N) is 1. The molecule has 0 bridgehead atoms. The fourth-order valence-electron chi connectivity index (χ4n) is 3.25. The van der Waals surface area contributed by atoms with Crippen LogP contribution in [-0.4, -0.2) is 42.6 Å². The summed E-state index contributed by atoms with van der Waals surface area (Å²) < 4.78 is 28.6. The van der Waals surface area contributed by atoms with Crippen molar-refractivity contribution in [3.8, 4) is 0 Å². The van der Waals surface area contributed by atoms with Crippen LogP contribution in [0.4, 0.5) is 0 Å². The number of fused-ring (bicyclic) bond motifs is 1. The highest BCUT2D eigenvalue weighted by atomic mass is 32.2. The molecule has 3 aliphatic rings. The highest BCUT2D eigenvalue weighted by Crippen LogP contribution is 2.40. The zero-order valence-corrected chi connectivity index (χ0v) is 11.5. The van der Waals surface area contributed by atoms with Crippen molar-refractivity contribution in [2.45, 2.75) is 56.6 Å².